The predicted octanol–water partition coefficient (Wildman–Crippen LogP) is 1.52. The number of nitrogens with zero attached hydrogens (tertiary/aromatic N) is 1. The summed E-state index contributed by atoms with van der Waals surface area (Å²) in [5.41, 5.74) is -0.416. The largest absolute Gasteiger partial charge is 0.369 e. The van der Waals surface area contributed by atoms with Crippen molar-refractivity contribution in [1.29, 1.82) is 0 Å². The van der Waals surface area contributed by atoms with Crippen LogP contribution < -0.4 is 4.72 Å². The number of amides is 1. The van der Waals surface area contributed by atoms with E-state index in [9.17, 15) is 17.6 Å². The molecule has 24 heavy (non-hydrogen) atoms. The Bertz CT molecular complexity index is 689. The molecule has 8 heteroatoms. The molecule has 1 unspecified atom stereocenters. The van der Waals surface area contributed by atoms with Crippen LogP contribution in [0.1, 0.15) is 27.2 Å². The maximum absolute atomic E-state index is 12.9. The first kappa shape index (κ1) is 18.8. The first-order valence-electron chi connectivity index (χ1n) is 7.80. The van der Waals surface area contributed by atoms with E-state index in [-0.39, 0.29) is 29.9 Å². The van der Waals surface area contributed by atoms with Crippen molar-refractivity contribution in [3.05, 3.63) is 30.1 Å². The number of ether oxygens (including phenoxy) is 1. The molecule has 1 fully saturated rings. The second kappa shape index (κ2) is 7.16. The van der Waals surface area contributed by atoms with E-state index < -0.39 is 21.4 Å². The quantitative estimate of drug-likeness (QED) is 0.866. The van der Waals surface area contributed by atoms with Gasteiger partial charge < -0.3 is 9.64 Å². The van der Waals surface area contributed by atoms with Crippen molar-refractivity contribution in [2.75, 3.05) is 19.6 Å². The Labute approximate surface area is 142 Å². The van der Waals surface area contributed by atoms with Gasteiger partial charge >= 0.3 is 0 Å². The zero-order chi connectivity index (χ0) is 18.0. The molecule has 134 valence electrons. The normalized spacial score (nSPS) is 20.8. The molecule has 1 aromatic rings. The van der Waals surface area contributed by atoms with E-state index in [2.05, 4.69) is 4.72 Å². The van der Waals surface area contributed by atoms with E-state index in [0.717, 1.165) is 12.1 Å². The third-order valence-corrected chi connectivity index (χ3v) is 5.15. The highest BCUT2D eigenvalue weighted by molar-refractivity contribution is 7.89. The third-order valence-electron chi connectivity index (χ3n) is 3.68. The van der Waals surface area contributed by atoms with Crippen LogP contribution in [0.4, 0.5) is 4.39 Å². The number of sulfonamides is 1. The van der Waals surface area contributed by atoms with E-state index in [0.29, 0.717) is 13.1 Å². The van der Waals surface area contributed by atoms with Crippen LogP contribution in [0.15, 0.2) is 29.2 Å². The molecule has 1 atom stereocenters. The van der Waals surface area contributed by atoms with E-state index in [1.54, 1.807) is 4.90 Å². The van der Waals surface area contributed by atoms with Crippen molar-refractivity contribution in [2.45, 2.75) is 43.8 Å². The Morgan fingerprint density at radius 2 is 2.00 bits per heavy atom. The van der Waals surface area contributed by atoms with E-state index in [1.165, 1.54) is 12.1 Å². The summed E-state index contributed by atoms with van der Waals surface area (Å²) in [7, 11) is -3.75. The Kier molecular flexibility index (Phi) is 5.62. The second-order valence-corrected chi connectivity index (χ2v) is 8.33. The second-order valence-electron chi connectivity index (χ2n) is 6.56. The summed E-state index contributed by atoms with van der Waals surface area (Å²) in [4.78, 5) is 13.9. The molecule has 0 spiro atoms. The van der Waals surface area contributed by atoms with E-state index >= 15 is 0 Å². The first-order chi connectivity index (χ1) is 11.1. The van der Waals surface area contributed by atoms with Gasteiger partial charge in [-0.2, -0.15) is 0 Å². The number of halogens is 1. The molecule has 0 aliphatic carbocycles. The molecule has 6 nitrogen and oxygen atoms in total. The minimum absolute atomic E-state index is 0.00922. The number of rotatable bonds is 5. The van der Waals surface area contributed by atoms with Crippen molar-refractivity contribution in [3.63, 3.8) is 0 Å². The lowest BCUT2D eigenvalue weighted by molar-refractivity contribution is -0.157. The average Bonchev–Trinajstić information content (AvgIpc) is 2.45. The Morgan fingerprint density at radius 1 is 1.38 bits per heavy atom. The molecule has 1 heterocycles. The van der Waals surface area contributed by atoms with Gasteiger partial charge in [0.15, 0.2) is 0 Å². The monoisotopic (exact) mass is 358 g/mol. The van der Waals surface area contributed by atoms with Crippen LogP contribution in [0.5, 0.6) is 0 Å². The smallest absolute Gasteiger partial charge is 0.240 e. The minimum Gasteiger partial charge on any atom is -0.369 e. The summed E-state index contributed by atoms with van der Waals surface area (Å²) in [5.74, 6) is -0.631. The molecule has 1 saturated heterocycles. The molecule has 1 aromatic carbocycles. The molecule has 1 aliphatic heterocycles. The van der Waals surface area contributed by atoms with Gasteiger partial charge in [-0.05, 0) is 45.0 Å². The van der Waals surface area contributed by atoms with Crippen molar-refractivity contribution >= 4 is 15.9 Å². The van der Waals surface area contributed by atoms with Gasteiger partial charge in [0.1, 0.15) is 5.82 Å². The van der Waals surface area contributed by atoms with Gasteiger partial charge in [-0.25, -0.2) is 17.5 Å². The van der Waals surface area contributed by atoms with Gasteiger partial charge in [0.05, 0.1) is 16.6 Å². The lowest BCUT2D eigenvalue weighted by Crippen LogP contribution is -2.54. The number of hydrogen-bond acceptors (Lipinski definition) is 4. The van der Waals surface area contributed by atoms with Crippen molar-refractivity contribution in [2.24, 2.45) is 0 Å². The predicted molar refractivity (Wildman–Crippen MR) is 87.4 cm³/mol. The van der Waals surface area contributed by atoms with Crippen LogP contribution in [0.25, 0.3) is 0 Å². The number of nitrogens with one attached hydrogen (secondary N) is 1. The van der Waals surface area contributed by atoms with Gasteiger partial charge in [-0.3, -0.25) is 4.79 Å². The molecule has 1 amide bonds. The van der Waals surface area contributed by atoms with Crippen LogP contribution >= 0.6 is 0 Å². The first-order valence-corrected chi connectivity index (χ1v) is 9.28. The fourth-order valence-corrected chi connectivity index (χ4v) is 3.82. The molecule has 0 aromatic heterocycles. The van der Waals surface area contributed by atoms with Crippen molar-refractivity contribution in [3.8, 4) is 0 Å². The van der Waals surface area contributed by atoms with Crippen LogP contribution in [-0.2, 0) is 19.6 Å². The van der Waals surface area contributed by atoms with E-state index in [1.807, 2.05) is 20.8 Å². The summed E-state index contributed by atoms with van der Waals surface area (Å²) in [5, 5.41) is 0. The van der Waals surface area contributed by atoms with Gasteiger partial charge in [-0.1, -0.05) is 0 Å². The summed E-state index contributed by atoms with van der Waals surface area (Å²) in [6, 6.07) is 4.53. The highest BCUT2D eigenvalue weighted by atomic mass is 32.2. The zero-order valence-electron chi connectivity index (χ0n) is 14.1. The number of carbonyl (C=O) groups is 1. The number of morpholine rings is 1. The summed E-state index contributed by atoms with van der Waals surface area (Å²) in [6.07, 6.45) is -0.00272. The number of hydrogen-bond donors (Lipinski definition) is 1. The highest BCUT2D eigenvalue weighted by Crippen LogP contribution is 2.21. The molecule has 2 rings (SSSR count). The SMILES string of the molecule is CC1CN(C(=O)CCNS(=O)(=O)c2ccc(F)cc2)CC(C)(C)O1. The number of carbonyl (C=O) groups excluding carboxylic acids is 1. The summed E-state index contributed by atoms with van der Waals surface area (Å²) < 4.78 is 45.1. The molecule has 1 aliphatic rings. The van der Waals surface area contributed by atoms with Crippen LogP contribution in [0.3, 0.4) is 0 Å². The molecular formula is C16H23FN2O4S. The maximum Gasteiger partial charge on any atom is 0.240 e. The summed E-state index contributed by atoms with van der Waals surface area (Å²) in [6.45, 7) is 6.69. The molecule has 1 N–H and O–H groups in total. The van der Waals surface area contributed by atoms with Gasteiger partial charge in [0, 0.05) is 26.1 Å². The topological polar surface area (TPSA) is 75.7 Å². The van der Waals surface area contributed by atoms with Crippen LogP contribution in [0, 0.1) is 5.82 Å². The standard InChI is InChI=1S/C16H23FN2O4S/c1-12-10-19(11-16(2,3)23-12)15(20)8-9-18-24(21,22)14-6-4-13(17)5-7-14/h4-7,12,18H,8-11H2,1-3H3. The summed E-state index contributed by atoms with van der Waals surface area (Å²) >= 11 is 0. The minimum atomic E-state index is -3.75. The Hall–Kier alpha value is -1.51. The lowest BCUT2D eigenvalue weighted by Gasteiger charge is -2.41. The van der Waals surface area contributed by atoms with Gasteiger partial charge in [0.2, 0.25) is 15.9 Å². The van der Waals surface area contributed by atoms with Crippen molar-refractivity contribution < 1.29 is 22.3 Å². The highest BCUT2D eigenvalue weighted by Gasteiger charge is 2.33. The fraction of sp³-hybridized carbons (Fsp3) is 0.562. The third kappa shape index (κ3) is 4.99. The number of benzene rings is 1. The van der Waals surface area contributed by atoms with Gasteiger partial charge in [-0.15, -0.1) is 0 Å². The molecule has 0 saturated carbocycles. The van der Waals surface area contributed by atoms with Crippen LogP contribution in [-0.4, -0.2) is 50.6 Å². The lowest BCUT2D eigenvalue weighted by atomic mass is 10.1. The zero-order valence-corrected chi connectivity index (χ0v) is 14.9. The fourth-order valence-electron chi connectivity index (χ4n) is 2.79. The molecule has 0 bridgehead atoms. The van der Waals surface area contributed by atoms with Crippen molar-refractivity contribution in [1.82, 2.24) is 9.62 Å². The molecular weight excluding hydrogens is 335 g/mol. The van der Waals surface area contributed by atoms with Crippen LogP contribution in [0.2, 0.25) is 0 Å². The average molecular weight is 358 g/mol. The Morgan fingerprint density at radius 3 is 2.58 bits per heavy atom. The Balaban J connectivity index is 1.89. The maximum atomic E-state index is 12.9. The molecule has 0 radical (unpaired) electrons. The van der Waals surface area contributed by atoms with Gasteiger partial charge in [0.25, 0.3) is 0 Å². The van der Waals surface area contributed by atoms with E-state index in [4.69, 9.17) is 4.74 Å².